The third-order valence-corrected chi connectivity index (χ3v) is 2.07. The lowest BCUT2D eigenvalue weighted by Gasteiger charge is -2.17. The molecule has 0 aliphatic heterocycles. The lowest BCUT2D eigenvalue weighted by Crippen LogP contribution is -2.29. The summed E-state index contributed by atoms with van der Waals surface area (Å²) in [7, 11) is 5.04. The molecule has 0 spiro atoms. The minimum absolute atomic E-state index is 0.0688. The molecule has 1 aromatic rings. The van der Waals surface area contributed by atoms with E-state index in [0.717, 1.165) is 0 Å². The molecule has 0 aliphatic carbocycles. The molecule has 1 aromatic carbocycles. The van der Waals surface area contributed by atoms with Gasteiger partial charge >= 0.3 is 6.61 Å². The highest BCUT2D eigenvalue weighted by molar-refractivity contribution is 5.46. The number of ether oxygens (including phenoxy) is 2. The Labute approximate surface area is 99.1 Å². The van der Waals surface area contributed by atoms with Gasteiger partial charge in [0.2, 0.25) is 0 Å². The highest BCUT2D eigenvalue weighted by Gasteiger charge is 2.14. The molecule has 1 rings (SSSR count). The Hall–Kier alpha value is -1.40. The number of alkyl halides is 2. The van der Waals surface area contributed by atoms with Crippen molar-refractivity contribution >= 4 is 0 Å². The Morgan fingerprint density at radius 1 is 1.35 bits per heavy atom. The standard InChI is InChI=1S/C11H16F2N2O2/c1-15(2)14-7-8-5-4-6-9(16-3)10(8)17-11(12)13/h4-6,11,14H,7H2,1-3H3. The van der Waals surface area contributed by atoms with Crippen molar-refractivity contribution in [2.75, 3.05) is 21.2 Å². The zero-order valence-corrected chi connectivity index (χ0v) is 10.0. The van der Waals surface area contributed by atoms with E-state index in [2.05, 4.69) is 10.2 Å². The van der Waals surface area contributed by atoms with Crippen molar-refractivity contribution in [2.45, 2.75) is 13.2 Å². The van der Waals surface area contributed by atoms with Crippen LogP contribution in [0.3, 0.4) is 0 Å². The second-order valence-corrected chi connectivity index (χ2v) is 3.56. The molecule has 96 valence electrons. The third kappa shape index (κ3) is 4.16. The van der Waals surface area contributed by atoms with Crippen LogP contribution in [0.5, 0.6) is 11.5 Å². The average molecular weight is 246 g/mol. The smallest absolute Gasteiger partial charge is 0.387 e. The first-order valence-electron chi connectivity index (χ1n) is 5.06. The van der Waals surface area contributed by atoms with Crippen molar-refractivity contribution in [2.24, 2.45) is 0 Å². The fourth-order valence-electron chi connectivity index (χ4n) is 1.33. The quantitative estimate of drug-likeness (QED) is 0.777. The van der Waals surface area contributed by atoms with Gasteiger partial charge in [0.15, 0.2) is 11.5 Å². The Kier molecular flexibility index (Phi) is 5.11. The van der Waals surface area contributed by atoms with Gasteiger partial charge in [0.05, 0.1) is 7.11 Å². The minimum atomic E-state index is -2.87. The maximum absolute atomic E-state index is 12.3. The van der Waals surface area contributed by atoms with Crippen LogP contribution in [0.4, 0.5) is 8.78 Å². The number of rotatable bonds is 6. The molecule has 0 saturated carbocycles. The summed E-state index contributed by atoms with van der Waals surface area (Å²) < 4.78 is 34.1. The molecule has 0 heterocycles. The Balaban J connectivity index is 2.93. The van der Waals surface area contributed by atoms with Gasteiger partial charge in [-0.1, -0.05) is 12.1 Å². The summed E-state index contributed by atoms with van der Waals surface area (Å²) in [5, 5.41) is 1.73. The van der Waals surface area contributed by atoms with E-state index in [4.69, 9.17) is 4.74 Å². The average Bonchev–Trinajstić information content (AvgIpc) is 2.26. The van der Waals surface area contributed by atoms with Crippen LogP contribution in [0.15, 0.2) is 18.2 Å². The van der Waals surface area contributed by atoms with Gasteiger partial charge < -0.3 is 9.47 Å². The van der Waals surface area contributed by atoms with E-state index in [1.54, 1.807) is 23.2 Å². The topological polar surface area (TPSA) is 33.7 Å². The van der Waals surface area contributed by atoms with Gasteiger partial charge in [0.25, 0.3) is 0 Å². The number of hydrogen-bond donors (Lipinski definition) is 1. The molecule has 0 radical (unpaired) electrons. The largest absolute Gasteiger partial charge is 0.493 e. The summed E-state index contributed by atoms with van der Waals surface area (Å²) in [6.45, 7) is -2.49. The van der Waals surface area contributed by atoms with Crippen LogP contribution >= 0.6 is 0 Å². The van der Waals surface area contributed by atoms with Crippen molar-refractivity contribution < 1.29 is 18.3 Å². The molecule has 0 saturated heterocycles. The molecule has 0 atom stereocenters. The van der Waals surface area contributed by atoms with E-state index in [0.29, 0.717) is 17.9 Å². The Bertz CT molecular complexity index is 359. The monoisotopic (exact) mass is 246 g/mol. The van der Waals surface area contributed by atoms with Crippen LogP contribution in [0, 0.1) is 0 Å². The summed E-state index contributed by atoms with van der Waals surface area (Å²) in [6, 6.07) is 5.01. The minimum Gasteiger partial charge on any atom is -0.493 e. The van der Waals surface area contributed by atoms with E-state index < -0.39 is 6.61 Å². The number of methoxy groups -OCH3 is 1. The summed E-state index contributed by atoms with van der Waals surface area (Å²) >= 11 is 0. The van der Waals surface area contributed by atoms with E-state index >= 15 is 0 Å². The highest BCUT2D eigenvalue weighted by atomic mass is 19.3. The van der Waals surface area contributed by atoms with E-state index in [9.17, 15) is 8.78 Å². The molecule has 6 heteroatoms. The van der Waals surface area contributed by atoms with Gasteiger partial charge in [-0.05, 0) is 6.07 Å². The van der Waals surface area contributed by atoms with Gasteiger partial charge in [0, 0.05) is 26.2 Å². The number of benzene rings is 1. The van der Waals surface area contributed by atoms with Crippen LogP contribution in [0.2, 0.25) is 0 Å². The van der Waals surface area contributed by atoms with Crippen LogP contribution in [0.1, 0.15) is 5.56 Å². The van der Waals surface area contributed by atoms with Gasteiger partial charge in [-0.25, -0.2) is 0 Å². The molecule has 0 aromatic heterocycles. The molecule has 4 nitrogen and oxygen atoms in total. The molecule has 17 heavy (non-hydrogen) atoms. The molecular weight excluding hydrogens is 230 g/mol. The molecule has 0 amide bonds. The molecule has 0 bridgehead atoms. The number of hydrazine groups is 1. The van der Waals surface area contributed by atoms with Crippen molar-refractivity contribution in [3.63, 3.8) is 0 Å². The summed E-state index contributed by atoms with van der Waals surface area (Å²) in [6.07, 6.45) is 0. The molecule has 1 N–H and O–H groups in total. The lowest BCUT2D eigenvalue weighted by molar-refractivity contribution is -0.0519. The fourth-order valence-corrected chi connectivity index (χ4v) is 1.33. The van der Waals surface area contributed by atoms with Gasteiger partial charge in [0.1, 0.15) is 0 Å². The van der Waals surface area contributed by atoms with Crippen molar-refractivity contribution in [3.8, 4) is 11.5 Å². The lowest BCUT2D eigenvalue weighted by atomic mass is 10.2. The second-order valence-electron chi connectivity index (χ2n) is 3.56. The molecule has 0 fully saturated rings. The second kappa shape index (κ2) is 6.36. The number of nitrogens with one attached hydrogen (secondary N) is 1. The third-order valence-electron chi connectivity index (χ3n) is 2.07. The zero-order chi connectivity index (χ0) is 12.8. The van der Waals surface area contributed by atoms with Crippen molar-refractivity contribution in [1.82, 2.24) is 10.4 Å². The maximum atomic E-state index is 12.3. The van der Waals surface area contributed by atoms with Crippen LogP contribution < -0.4 is 14.9 Å². The van der Waals surface area contributed by atoms with Gasteiger partial charge in [-0.15, -0.1) is 0 Å². The maximum Gasteiger partial charge on any atom is 0.387 e. The number of hydrogen-bond acceptors (Lipinski definition) is 4. The van der Waals surface area contributed by atoms with E-state index in [-0.39, 0.29) is 5.75 Å². The van der Waals surface area contributed by atoms with Crippen molar-refractivity contribution in [3.05, 3.63) is 23.8 Å². The highest BCUT2D eigenvalue weighted by Crippen LogP contribution is 2.32. The molecule has 0 aliphatic rings. The van der Waals surface area contributed by atoms with Crippen LogP contribution in [-0.4, -0.2) is 32.8 Å². The van der Waals surface area contributed by atoms with E-state index in [1.165, 1.54) is 7.11 Å². The summed E-state index contributed by atoms with van der Waals surface area (Å²) in [5.74, 6) is 0.364. The van der Waals surface area contributed by atoms with E-state index in [1.807, 2.05) is 14.1 Å². The fraction of sp³-hybridized carbons (Fsp3) is 0.455. The predicted molar refractivity (Wildman–Crippen MR) is 60.2 cm³/mol. The number of nitrogens with zero attached hydrogens (tertiary/aromatic N) is 1. The first-order chi connectivity index (χ1) is 8.04. The SMILES string of the molecule is COc1cccc(CNN(C)C)c1OC(F)F. The van der Waals surface area contributed by atoms with Crippen LogP contribution in [0.25, 0.3) is 0 Å². The van der Waals surface area contributed by atoms with Crippen LogP contribution in [-0.2, 0) is 6.54 Å². The first kappa shape index (κ1) is 13.7. The Morgan fingerprint density at radius 3 is 2.59 bits per heavy atom. The first-order valence-corrected chi connectivity index (χ1v) is 5.06. The molecular formula is C11H16F2N2O2. The van der Waals surface area contributed by atoms with Gasteiger partial charge in [-0.2, -0.15) is 8.78 Å². The zero-order valence-electron chi connectivity index (χ0n) is 10.0. The predicted octanol–water partition coefficient (Wildman–Crippen LogP) is 1.86. The van der Waals surface area contributed by atoms with Gasteiger partial charge in [-0.3, -0.25) is 10.4 Å². The number of halogens is 2. The Morgan fingerprint density at radius 2 is 2.06 bits per heavy atom. The number of para-hydroxylation sites is 1. The summed E-state index contributed by atoms with van der Waals surface area (Å²) in [5.41, 5.74) is 3.59. The molecule has 0 unspecified atom stereocenters. The normalized spacial score (nSPS) is 11.0. The van der Waals surface area contributed by atoms with Crippen molar-refractivity contribution in [1.29, 1.82) is 0 Å². The summed E-state index contributed by atoms with van der Waals surface area (Å²) in [4.78, 5) is 0.